The van der Waals surface area contributed by atoms with Gasteiger partial charge in [0.1, 0.15) is 0 Å². The summed E-state index contributed by atoms with van der Waals surface area (Å²) in [7, 11) is -3.60. The van der Waals surface area contributed by atoms with Crippen molar-refractivity contribution in [2.45, 2.75) is 23.6 Å². The zero-order valence-electron chi connectivity index (χ0n) is 15.9. The van der Waals surface area contributed by atoms with Gasteiger partial charge in [-0.3, -0.25) is 15.5 Å². The molecule has 3 aromatic rings. The Morgan fingerprint density at radius 3 is 2.07 bits per heavy atom. The zero-order valence-corrected chi connectivity index (χ0v) is 16.7. The third-order valence-electron chi connectivity index (χ3n) is 4.34. The van der Waals surface area contributed by atoms with E-state index in [-0.39, 0.29) is 15.5 Å². The highest BCUT2D eigenvalue weighted by molar-refractivity contribution is 7.91. The van der Waals surface area contributed by atoms with Crippen molar-refractivity contribution >= 4 is 26.9 Å². The number of nitrogens with zero attached hydrogens (tertiary/aromatic N) is 2. The standard InChI is InChI=1S/C21H19N3O4S/c1-15-7-11-18(12-8-15)29(27,28)19-13-9-17(10-14-19)23-22-16(2)20-5-3-4-6-21(20)24(25)26/h3-14,23H,1-2H3/b22-16-. The monoisotopic (exact) mass is 409 g/mol. The van der Waals surface area contributed by atoms with E-state index in [0.717, 1.165) is 5.56 Å². The molecule has 0 saturated heterocycles. The lowest BCUT2D eigenvalue weighted by molar-refractivity contribution is -0.385. The highest BCUT2D eigenvalue weighted by Gasteiger charge is 2.17. The van der Waals surface area contributed by atoms with Crippen molar-refractivity contribution in [1.29, 1.82) is 0 Å². The van der Waals surface area contributed by atoms with Gasteiger partial charge in [-0.05, 0) is 56.3 Å². The lowest BCUT2D eigenvalue weighted by Gasteiger charge is -2.07. The summed E-state index contributed by atoms with van der Waals surface area (Å²) in [5, 5.41) is 15.3. The van der Waals surface area contributed by atoms with Gasteiger partial charge in [0.05, 0.1) is 31.7 Å². The molecule has 0 radical (unpaired) electrons. The van der Waals surface area contributed by atoms with E-state index < -0.39 is 14.8 Å². The first-order chi connectivity index (χ1) is 13.8. The third kappa shape index (κ3) is 4.49. The first-order valence-corrected chi connectivity index (χ1v) is 10.2. The number of hydrogen-bond donors (Lipinski definition) is 1. The Hall–Kier alpha value is -3.52. The fourth-order valence-corrected chi connectivity index (χ4v) is 3.97. The van der Waals surface area contributed by atoms with Gasteiger partial charge >= 0.3 is 0 Å². The summed E-state index contributed by atoms with van der Waals surface area (Å²) >= 11 is 0. The molecule has 0 unspecified atom stereocenters. The van der Waals surface area contributed by atoms with Gasteiger partial charge in [-0.2, -0.15) is 5.10 Å². The average molecular weight is 409 g/mol. The van der Waals surface area contributed by atoms with Crippen molar-refractivity contribution in [2.75, 3.05) is 5.43 Å². The molecule has 29 heavy (non-hydrogen) atoms. The number of aryl methyl sites for hydroxylation is 1. The van der Waals surface area contributed by atoms with Crippen LogP contribution in [-0.2, 0) is 9.84 Å². The Labute approximate surface area is 168 Å². The van der Waals surface area contributed by atoms with Crippen molar-refractivity contribution in [2.24, 2.45) is 5.10 Å². The number of nitro benzene ring substituents is 1. The Balaban J connectivity index is 1.80. The van der Waals surface area contributed by atoms with E-state index in [1.54, 1.807) is 61.5 Å². The number of hydrogen-bond acceptors (Lipinski definition) is 6. The summed E-state index contributed by atoms with van der Waals surface area (Å²) in [6.45, 7) is 3.55. The van der Waals surface area contributed by atoms with Crippen LogP contribution in [0.15, 0.2) is 87.7 Å². The summed E-state index contributed by atoms with van der Waals surface area (Å²) in [5.74, 6) is 0. The molecule has 0 aliphatic heterocycles. The van der Waals surface area contributed by atoms with E-state index in [0.29, 0.717) is 17.0 Å². The van der Waals surface area contributed by atoms with Gasteiger partial charge in [-0.1, -0.05) is 29.8 Å². The highest BCUT2D eigenvalue weighted by Crippen LogP contribution is 2.23. The summed E-state index contributed by atoms with van der Waals surface area (Å²) in [6, 6.07) is 19.2. The molecule has 1 N–H and O–H groups in total. The normalized spacial score (nSPS) is 11.9. The molecule has 0 spiro atoms. The third-order valence-corrected chi connectivity index (χ3v) is 6.12. The number of nitro groups is 1. The van der Waals surface area contributed by atoms with Crippen molar-refractivity contribution in [3.8, 4) is 0 Å². The number of benzene rings is 3. The first kappa shape index (κ1) is 20.2. The number of hydrazone groups is 1. The maximum Gasteiger partial charge on any atom is 0.278 e. The molecule has 8 heteroatoms. The largest absolute Gasteiger partial charge is 0.278 e. The van der Waals surface area contributed by atoms with Gasteiger partial charge in [-0.15, -0.1) is 0 Å². The predicted octanol–water partition coefficient (Wildman–Crippen LogP) is 4.57. The molecule has 0 aliphatic rings. The molecule has 0 aliphatic carbocycles. The number of rotatable bonds is 6. The number of anilines is 1. The maximum atomic E-state index is 12.7. The Morgan fingerprint density at radius 2 is 1.48 bits per heavy atom. The van der Waals surface area contributed by atoms with E-state index in [9.17, 15) is 18.5 Å². The van der Waals surface area contributed by atoms with E-state index in [4.69, 9.17) is 0 Å². The minimum atomic E-state index is -3.60. The van der Waals surface area contributed by atoms with Gasteiger partial charge in [0, 0.05) is 6.07 Å². The molecule has 0 amide bonds. The van der Waals surface area contributed by atoms with Crippen molar-refractivity contribution in [3.05, 3.63) is 94.0 Å². The molecule has 0 saturated carbocycles. The number of para-hydroxylation sites is 1. The summed E-state index contributed by atoms with van der Waals surface area (Å²) in [4.78, 5) is 11.1. The van der Waals surface area contributed by atoms with Gasteiger partial charge in [-0.25, -0.2) is 8.42 Å². The smallest absolute Gasteiger partial charge is 0.278 e. The minimum Gasteiger partial charge on any atom is -0.278 e. The van der Waals surface area contributed by atoms with Gasteiger partial charge in [0.15, 0.2) is 0 Å². The van der Waals surface area contributed by atoms with Crippen LogP contribution in [0.1, 0.15) is 18.1 Å². The zero-order chi connectivity index (χ0) is 21.0. The van der Waals surface area contributed by atoms with E-state index in [1.165, 1.54) is 18.2 Å². The Morgan fingerprint density at radius 1 is 0.931 bits per heavy atom. The van der Waals surface area contributed by atoms with Crippen LogP contribution in [0, 0.1) is 17.0 Å². The molecule has 0 heterocycles. The van der Waals surface area contributed by atoms with Crippen LogP contribution in [0.4, 0.5) is 11.4 Å². The second-order valence-electron chi connectivity index (χ2n) is 6.42. The van der Waals surface area contributed by atoms with Crippen LogP contribution in [-0.4, -0.2) is 19.1 Å². The summed E-state index contributed by atoms with van der Waals surface area (Å²) in [5.41, 5.74) is 5.16. The van der Waals surface area contributed by atoms with Gasteiger partial charge in [0.2, 0.25) is 9.84 Å². The molecule has 3 rings (SSSR count). The molecular weight excluding hydrogens is 390 g/mol. The molecular formula is C21H19N3O4S. The topological polar surface area (TPSA) is 102 Å². The van der Waals surface area contributed by atoms with Crippen LogP contribution in [0.2, 0.25) is 0 Å². The number of sulfone groups is 1. The second-order valence-corrected chi connectivity index (χ2v) is 8.37. The first-order valence-electron chi connectivity index (χ1n) is 8.75. The summed E-state index contributed by atoms with van der Waals surface area (Å²) in [6.07, 6.45) is 0. The number of nitrogens with one attached hydrogen (secondary N) is 1. The molecule has 0 fully saturated rings. The van der Waals surface area contributed by atoms with Crippen molar-refractivity contribution < 1.29 is 13.3 Å². The van der Waals surface area contributed by atoms with E-state index >= 15 is 0 Å². The quantitative estimate of drug-likeness (QED) is 0.365. The molecule has 3 aromatic carbocycles. The lowest BCUT2D eigenvalue weighted by Crippen LogP contribution is -2.04. The minimum absolute atomic E-state index is 0.0323. The van der Waals surface area contributed by atoms with Crippen molar-refractivity contribution in [1.82, 2.24) is 0 Å². The van der Waals surface area contributed by atoms with Gasteiger partial charge in [0.25, 0.3) is 5.69 Å². The fourth-order valence-electron chi connectivity index (χ4n) is 2.71. The summed E-state index contributed by atoms with van der Waals surface area (Å²) < 4.78 is 25.4. The molecule has 0 bridgehead atoms. The van der Waals surface area contributed by atoms with E-state index in [2.05, 4.69) is 10.5 Å². The van der Waals surface area contributed by atoms with E-state index in [1.807, 2.05) is 6.92 Å². The van der Waals surface area contributed by atoms with Crippen LogP contribution in [0.3, 0.4) is 0 Å². The molecule has 0 atom stereocenters. The Bertz CT molecular complexity index is 1170. The maximum absolute atomic E-state index is 12.7. The highest BCUT2D eigenvalue weighted by atomic mass is 32.2. The molecule has 0 aromatic heterocycles. The fraction of sp³-hybridized carbons (Fsp3) is 0.0952. The average Bonchev–Trinajstić information content (AvgIpc) is 2.72. The predicted molar refractivity (Wildman–Crippen MR) is 112 cm³/mol. The SMILES string of the molecule is C/C(=N/Nc1ccc(S(=O)(=O)c2ccc(C)cc2)cc1)c1ccccc1[N+](=O)[O-]. The second kappa shape index (κ2) is 8.24. The lowest BCUT2D eigenvalue weighted by atomic mass is 10.1. The van der Waals surface area contributed by atoms with Gasteiger partial charge < -0.3 is 0 Å². The molecule has 148 valence electrons. The van der Waals surface area contributed by atoms with Crippen LogP contribution in [0.5, 0.6) is 0 Å². The molecule has 7 nitrogen and oxygen atoms in total. The van der Waals surface area contributed by atoms with Crippen LogP contribution >= 0.6 is 0 Å². The van der Waals surface area contributed by atoms with Crippen LogP contribution < -0.4 is 5.43 Å². The van der Waals surface area contributed by atoms with Crippen molar-refractivity contribution in [3.63, 3.8) is 0 Å². The Kier molecular flexibility index (Phi) is 5.74. The van der Waals surface area contributed by atoms with Crippen LogP contribution in [0.25, 0.3) is 0 Å².